The Morgan fingerprint density at radius 2 is 1.90 bits per heavy atom. The second-order valence-electron chi connectivity index (χ2n) is 11.9. The molecule has 4 atom stereocenters. The summed E-state index contributed by atoms with van der Waals surface area (Å²) in [5.74, 6) is -0.469. The fraction of sp³-hybridized carbons (Fsp3) is 0.600. The number of nitrogens with zero attached hydrogens (tertiary/aromatic N) is 1. The first-order valence-corrected chi connectivity index (χ1v) is 14.3. The van der Waals surface area contributed by atoms with E-state index in [2.05, 4.69) is 22.0 Å². The molecular weight excluding hydrogens is 512 g/mol. The zero-order valence-electron chi connectivity index (χ0n) is 24.0. The highest BCUT2D eigenvalue weighted by Gasteiger charge is 2.60. The van der Waals surface area contributed by atoms with E-state index in [0.29, 0.717) is 43.7 Å². The van der Waals surface area contributed by atoms with Crippen LogP contribution in [0.5, 0.6) is 5.75 Å². The van der Waals surface area contributed by atoms with E-state index >= 15 is 0 Å². The molecule has 0 bridgehead atoms. The fourth-order valence-corrected chi connectivity index (χ4v) is 5.49. The van der Waals surface area contributed by atoms with Gasteiger partial charge in [-0.15, -0.1) is 0 Å². The maximum Gasteiger partial charge on any atom is 0.408 e. The molecule has 0 aromatic heterocycles. The number of methoxy groups -OCH3 is 1. The SMILES string of the molecule is COc1cccc(NC(=O)[C@@]23CC2/C=C\CCCCC[C@H](NC(=O)OC(C)(C)C)C(=O)N2CCC[C@H]2C(=O)N3)c1. The van der Waals surface area contributed by atoms with E-state index in [1.807, 2.05) is 6.08 Å². The van der Waals surface area contributed by atoms with Gasteiger partial charge in [-0.2, -0.15) is 0 Å². The summed E-state index contributed by atoms with van der Waals surface area (Å²) in [6, 6.07) is 5.57. The molecule has 1 saturated carbocycles. The highest BCUT2D eigenvalue weighted by atomic mass is 16.6. The maximum atomic E-state index is 13.7. The lowest BCUT2D eigenvalue weighted by Gasteiger charge is -2.30. The molecule has 1 aromatic carbocycles. The van der Waals surface area contributed by atoms with Gasteiger partial charge in [0.15, 0.2) is 0 Å². The molecule has 1 unspecified atom stereocenters. The summed E-state index contributed by atoms with van der Waals surface area (Å²) in [6.45, 7) is 5.72. The Morgan fingerprint density at radius 1 is 1.10 bits per heavy atom. The van der Waals surface area contributed by atoms with Crippen LogP contribution in [0.25, 0.3) is 0 Å². The second kappa shape index (κ2) is 12.3. The molecule has 1 aromatic rings. The van der Waals surface area contributed by atoms with Crippen LogP contribution in [0.1, 0.15) is 72.1 Å². The van der Waals surface area contributed by atoms with Crippen LogP contribution in [0.3, 0.4) is 0 Å². The molecule has 4 amide bonds. The highest BCUT2D eigenvalue weighted by Crippen LogP contribution is 2.46. The van der Waals surface area contributed by atoms with Gasteiger partial charge in [0.05, 0.1) is 7.11 Å². The van der Waals surface area contributed by atoms with Crippen LogP contribution in [0, 0.1) is 5.92 Å². The number of hydrogen-bond acceptors (Lipinski definition) is 6. The van der Waals surface area contributed by atoms with Gasteiger partial charge < -0.3 is 30.3 Å². The Kier molecular flexibility index (Phi) is 9.05. The molecule has 2 heterocycles. The van der Waals surface area contributed by atoms with Crippen molar-refractivity contribution in [2.24, 2.45) is 5.92 Å². The third kappa shape index (κ3) is 7.14. The molecule has 10 nitrogen and oxygen atoms in total. The predicted molar refractivity (Wildman–Crippen MR) is 151 cm³/mol. The summed E-state index contributed by atoms with van der Waals surface area (Å²) in [5, 5.41) is 8.72. The molecule has 3 N–H and O–H groups in total. The summed E-state index contributed by atoms with van der Waals surface area (Å²) in [4.78, 5) is 55.0. The molecule has 40 heavy (non-hydrogen) atoms. The Bertz CT molecular complexity index is 1150. The number of benzene rings is 1. The van der Waals surface area contributed by atoms with Crippen LogP contribution < -0.4 is 20.7 Å². The van der Waals surface area contributed by atoms with Crippen molar-refractivity contribution >= 4 is 29.5 Å². The molecule has 218 valence electrons. The van der Waals surface area contributed by atoms with Crippen molar-refractivity contribution in [2.45, 2.75) is 95.4 Å². The number of nitrogens with one attached hydrogen (secondary N) is 3. The summed E-state index contributed by atoms with van der Waals surface area (Å²) in [7, 11) is 1.56. The monoisotopic (exact) mass is 554 g/mol. The number of amides is 4. The van der Waals surface area contributed by atoms with Crippen LogP contribution in [0.15, 0.2) is 36.4 Å². The van der Waals surface area contributed by atoms with Crippen molar-refractivity contribution in [1.82, 2.24) is 15.5 Å². The minimum Gasteiger partial charge on any atom is -0.497 e. The zero-order valence-corrected chi connectivity index (χ0v) is 24.0. The van der Waals surface area contributed by atoms with Gasteiger partial charge in [-0.3, -0.25) is 14.4 Å². The average molecular weight is 555 g/mol. The number of alkyl carbamates (subject to hydrolysis) is 1. The minimum atomic E-state index is -1.09. The summed E-state index contributed by atoms with van der Waals surface area (Å²) in [6.07, 6.45) is 8.91. The van der Waals surface area contributed by atoms with Gasteiger partial charge in [-0.25, -0.2) is 4.79 Å². The molecule has 3 aliphatic rings. The number of hydrogen-bond donors (Lipinski definition) is 3. The molecule has 0 spiro atoms. The van der Waals surface area contributed by atoms with E-state index in [-0.39, 0.29) is 23.6 Å². The summed E-state index contributed by atoms with van der Waals surface area (Å²) < 4.78 is 10.7. The van der Waals surface area contributed by atoms with Gasteiger partial charge in [0.25, 0.3) is 5.91 Å². The first-order chi connectivity index (χ1) is 19.0. The van der Waals surface area contributed by atoms with Gasteiger partial charge in [0.2, 0.25) is 11.8 Å². The van der Waals surface area contributed by atoms with Crippen molar-refractivity contribution in [1.29, 1.82) is 0 Å². The minimum absolute atomic E-state index is 0.140. The molecule has 1 aliphatic carbocycles. The maximum absolute atomic E-state index is 13.7. The van der Waals surface area contributed by atoms with E-state index in [1.54, 1.807) is 57.0 Å². The van der Waals surface area contributed by atoms with Crippen molar-refractivity contribution in [3.05, 3.63) is 36.4 Å². The largest absolute Gasteiger partial charge is 0.497 e. The lowest BCUT2D eigenvalue weighted by atomic mass is 10.0. The lowest BCUT2D eigenvalue weighted by Crippen LogP contribution is -2.57. The van der Waals surface area contributed by atoms with Gasteiger partial charge in [-0.1, -0.05) is 31.1 Å². The van der Waals surface area contributed by atoms with Gasteiger partial charge in [0.1, 0.15) is 29.0 Å². The normalized spacial score (nSPS) is 28.1. The Balaban J connectivity index is 1.54. The van der Waals surface area contributed by atoms with Crippen LogP contribution in [0.2, 0.25) is 0 Å². The number of ether oxygens (including phenoxy) is 2. The number of carbonyl (C=O) groups is 4. The standard InChI is InChI=1S/C30H42N4O6/c1-29(2,3)40-28(38)32-23-15-9-7-5-6-8-12-20-19-30(20,27(37)31-21-13-10-14-22(18-21)39-4)33-25(35)24-16-11-17-34(24)26(23)36/h8,10,12-14,18,20,23-24H,5-7,9,11,15-17,19H2,1-4H3,(H,31,37)(H,32,38)(H,33,35)/b12-8-/t20?,23-,24-,30+/m0/s1. The van der Waals surface area contributed by atoms with Crippen LogP contribution in [0.4, 0.5) is 10.5 Å². The first kappa shape index (κ1) is 29.4. The third-order valence-electron chi connectivity index (χ3n) is 7.65. The van der Waals surface area contributed by atoms with E-state index in [9.17, 15) is 19.2 Å². The van der Waals surface area contributed by atoms with Crippen LogP contribution in [-0.4, -0.2) is 65.6 Å². The number of rotatable bonds is 4. The van der Waals surface area contributed by atoms with Crippen molar-refractivity contribution in [3.8, 4) is 5.75 Å². The quantitative estimate of drug-likeness (QED) is 0.485. The van der Waals surface area contributed by atoms with E-state index in [0.717, 1.165) is 25.7 Å². The van der Waals surface area contributed by atoms with Gasteiger partial charge >= 0.3 is 6.09 Å². The van der Waals surface area contributed by atoms with Gasteiger partial charge in [-0.05, 0) is 71.4 Å². The molecule has 10 heteroatoms. The molecular formula is C30H42N4O6. The molecule has 4 rings (SSSR count). The molecule has 1 saturated heterocycles. The third-order valence-corrected chi connectivity index (χ3v) is 7.65. The summed E-state index contributed by atoms with van der Waals surface area (Å²) in [5.41, 5.74) is -1.22. The van der Waals surface area contributed by atoms with Gasteiger partial charge in [0, 0.05) is 24.2 Å². The Hall–Kier alpha value is -3.56. The number of allylic oxidation sites excluding steroid dienone is 1. The van der Waals surface area contributed by atoms with Crippen molar-refractivity contribution in [3.63, 3.8) is 0 Å². The zero-order chi connectivity index (χ0) is 28.9. The number of anilines is 1. The summed E-state index contributed by atoms with van der Waals surface area (Å²) >= 11 is 0. The van der Waals surface area contributed by atoms with E-state index < -0.39 is 29.3 Å². The Morgan fingerprint density at radius 3 is 2.65 bits per heavy atom. The topological polar surface area (TPSA) is 126 Å². The van der Waals surface area contributed by atoms with Crippen LogP contribution in [-0.2, 0) is 19.1 Å². The van der Waals surface area contributed by atoms with E-state index in [1.165, 1.54) is 0 Å². The molecule has 0 radical (unpaired) electrons. The number of fused-ring (bicyclic) bond motifs is 2. The molecule has 2 fully saturated rings. The average Bonchev–Trinajstić information content (AvgIpc) is 3.35. The smallest absolute Gasteiger partial charge is 0.408 e. The first-order valence-electron chi connectivity index (χ1n) is 14.3. The van der Waals surface area contributed by atoms with E-state index in [4.69, 9.17) is 9.47 Å². The predicted octanol–water partition coefficient (Wildman–Crippen LogP) is 3.91. The van der Waals surface area contributed by atoms with Crippen LogP contribution >= 0.6 is 0 Å². The highest BCUT2D eigenvalue weighted by molar-refractivity contribution is 6.04. The van der Waals surface area contributed by atoms with Crippen molar-refractivity contribution in [2.75, 3.05) is 19.0 Å². The second-order valence-corrected chi connectivity index (χ2v) is 11.9. The Labute approximate surface area is 236 Å². The lowest BCUT2D eigenvalue weighted by molar-refractivity contribution is -0.141. The number of carbonyl (C=O) groups excluding carboxylic acids is 4. The fourth-order valence-electron chi connectivity index (χ4n) is 5.49. The molecule has 2 aliphatic heterocycles. The van der Waals surface area contributed by atoms with Crippen molar-refractivity contribution < 1.29 is 28.7 Å².